The van der Waals surface area contributed by atoms with Crippen LogP contribution < -0.4 is 11.1 Å². The maximum absolute atomic E-state index is 12.6. The van der Waals surface area contributed by atoms with E-state index in [-0.39, 0.29) is 24.1 Å². The molecular weight excluding hydrogens is 448 g/mol. The lowest BCUT2D eigenvalue weighted by Crippen LogP contribution is -2.38. The van der Waals surface area contributed by atoms with Crippen LogP contribution in [0.3, 0.4) is 0 Å². The molecule has 2 aliphatic rings. The van der Waals surface area contributed by atoms with Crippen molar-refractivity contribution in [1.29, 1.82) is 0 Å². The lowest BCUT2D eigenvalue weighted by Gasteiger charge is -2.30. The van der Waals surface area contributed by atoms with Gasteiger partial charge in [0.25, 0.3) is 0 Å². The standard InChI is InChI=1S/C26H26N6O.ClH/c1-15(33)23-24(18-11-19-8-9-20(12-18)30-19)31-26-21(14-29-32(26)25(23)27)17-7-10-22(28-13-17)16-5-3-2-4-6-16;/h2-7,10,13-14,18-20,30H,8-9,11-12,27H2,1H3;1H/t18-,19+,20-;. The Hall–Kier alpha value is -3.29. The third-order valence-corrected chi connectivity index (χ3v) is 7.07. The SMILES string of the molecule is CC(=O)c1c([C@H]2C[C@H]3CC[C@@H](C2)N3)nc2c(-c3ccc(-c4ccccc4)nc3)cnn2c1N.Cl. The molecule has 0 spiro atoms. The van der Waals surface area contributed by atoms with E-state index in [1.165, 1.54) is 12.8 Å². The van der Waals surface area contributed by atoms with Gasteiger partial charge in [-0.3, -0.25) is 9.78 Å². The van der Waals surface area contributed by atoms with Gasteiger partial charge in [-0.2, -0.15) is 9.61 Å². The summed E-state index contributed by atoms with van der Waals surface area (Å²) in [6, 6.07) is 15.1. The molecule has 0 aliphatic carbocycles. The molecule has 0 radical (unpaired) electrons. The Morgan fingerprint density at radius 1 is 1.03 bits per heavy atom. The molecule has 3 atom stereocenters. The van der Waals surface area contributed by atoms with E-state index in [1.54, 1.807) is 17.6 Å². The molecule has 0 amide bonds. The topological polar surface area (TPSA) is 98.2 Å². The predicted molar refractivity (Wildman–Crippen MR) is 135 cm³/mol. The van der Waals surface area contributed by atoms with Crippen molar-refractivity contribution in [2.75, 3.05) is 5.73 Å². The number of benzene rings is 1. The number of fused-ring (bicyclic) bond motifs is 3. The number of nitrogens with zero attached hydrogens (tertiary/aromatic N) is 4. The highest BCUT2D eigenvalue weighted by Gasteiger charge is 2.37. The van der Waals surface area contributed by atoms with Crippen molar-refractivity contribution in [2.24, 2.45) is 0 Å². The molecule has 7 nitrogen and oxygen atoms in total. The number of halogens is 1. The van der Waals surface area contributed by atoms with Crippen molar-refractivity contribution in [3.05, 3.63) is 66.1 Å². The predicted octanol–water partition coefficient (Wildman–Crippen LogP) is 4.66. The Morgan fingerprint density at radius 2 is 1.76 bits per heavy atom. The van der Waals surface area contributed by atoms with Crippen LogP contribution in [-0.2, 0) is 0 Å². The smallest absolute Gasteiger partial charge is 0.165 e. The molecule has 0 saturated carbocycles. The summed E-state index contributed by atoms with van der Waals surface area (Å²) in [6.45, 7) is 1.56. The molecule has 5 heterocycles. The van der Waals surface area contributed by atoms with E-state index in [0.717, 1.165) is 40.9 Å². The number of hydrogen-bond donors (Lipinski definition) is 2. The van der Waals surface area contributed by atoms with E-state index in [2.05, 4.69) is 15.4 Å². The van der Waals surface area contributed by atoms with E-state index in [4.69, 9.17) is 10.7 Å². The second kappa shape index (κ2) is 8.81. The molecule has 2 fully saturated rings. The number of aromatic nitrogens is 4. The molecule has 0 unspecified atom stereocenters. The quantitative estimate of drug-likeness (QED) is 0.417. The van der Waals surface area contributed by atoms with Crippen molar-refractivity contribution in [2.45, 2.75) is 50.6 Å². The van der Waals surface area contributed by atoms with Crippen molar-refractivity contribution in [1.82, 2.24) is 24.9 Å². The minimum absolute atomic E-state index is 0. The van der Waals surface area contributed by atoms with Crippen molar-refractivity contribution < 1.29 is 4.79 Å². The Labute approximate surface area is 204 Å². The lowest BCUT2D eigenvalue weighted by atomic mass is 9.86. The first-order valence-electron chi connectivity index (χ1n) is 11.5. The lowest BCUT2D eigenvalue weighted by molar-refractivity contribution is 0.101. The largest absolute Gasteiger partial charge is 0.383 e. The fourth-order valence-electron chi connectivity index (χ4n) is 5.51. The number of nitrogen functional groups attached to an aromatic ring is 1. The van der Waals surface area contributed by atoms with E-state index < -0.39 is 0 Å². The van der Waals surface area contributed by atoms with Crippen LogP contribution in [0.1, 0.15) is 54.6 Å². The molecular formula is C26H27ClN6O. The average Bonchev–Trinajstić information content (AvgIpc) is 3.42. The summed E-state index contributed by atoms with van der Waals surface area (Å²) in [5, 5.41) is 8.16. The first kappa shape index (κ1) is 22.5. The van der Waals surface area contributed by atoms with E-state index in [0.29, 0.717) is 29.1 Å². The number of carbonyl (C=O) groups excluding carboxylic acids is 1. The summed E-state index contributed by atoms with van der Waals surface area (Å²) in [5.74, 6) is 0.526. The van der Waals surface area contributed by atoms with Gasteiger partial charge < -0.3 is 11.1 Å². The van der Waals surface area contributed by atoms with Crippen LogP contribution in [0.5, 0.6) is 0 Å². The molecule has 6 rings (SSSR count). The van der Waals surface area contributed by atoms with Gasteiger partial charge in [-0.25, -0.2) is 4.98 Å². The van der Waals surface area contributed by atoms with Gasteiger partial charge in [-0.15, -0.1) is 12.4 Å². The van der Waals surface area contributed by atoms with Crippen molar-refractivity contribution in [3.63, 3.8) is 0 Å². The number of nitrogens with two attached hydrogens (primary N) is 1. The summed E-state index contributed by atoms with van der Waals surface area (Å²) in [7, 11) is 0. The molecule has 4 aromatic rings. The minimum atomic E-state index is -0.0614. The number of Topliss-reactive ketones (excluding diaryl/α,β-unsaturated/α-hetero) is 1. The Morgan fingerprint density at radius 3 is 2.41 bits per heavy atom. The highest BCUT2D eigenvalue weighted by atomic mass is 35.5. The number of carbonyl (C=O) groups is 1. The fourth-order valence-corrected chi connectivity index (χ4v) is 5.51. The maximum atomic E-state index is 12.6. The zero-order chi connectivity index (χ0) is 22.5. The minimum Gasteiger partial charge on any atom is -0.383 e. The molecule has 2 saturated heterocycles. The van der Waals surface area contributed by atoms with Gasteiger partial charge >= 0.3 is 0 Å². The maximum Gasteiger partial charge on any atom is 0.165 e. The molecule has 3 aromatic heterocycles. The number of rotatable bonds is 4. The molecule has 2 aliphatic heterocycles. The van der Waals surface area contributed by atoms with Crippen LogP contribution in [0.2, 0.25) is 0 Å². The number of pyridine rings is 1. The van der Waals surface area contributed by atoms with Gasteiger partial charge in [-0.05, 0) is 38.7 Å². The molecule has 2 bridgehead atoms. The van der Waals surface area contributed by atoms with E-state index in [1.807, 2.05) is 48.7 Å². The highest BCUT2D eigenvalue weighted by molar-refractivity contribution is 6.00. The van der Waals surface area contributed by atoms with Gasteiger partial charge in [0, 0.05) is 40.9 Å². The summed E-state index contributed by atoms with van der Waals surface area (Å²) in [5.41, 5.74) is 12.3. The monoisotopic (exact) mass is 474 g/mol. The van der Waals surface area contributed by atoms with Gasteiger partial charge in [0.05, 0.1) is 23.1 Å². The van der Waals surface area contributed by atoms with Gasteiger partial charge in [-0.1, -0.05) is 36.4 Å². The van der Waals surface area contributed by atoms with Gasteiger partial charge in [0.15, 0.2) is 11.4 Å². The summed E-state index contributed by atoms with van der Waals surface area (Å²) in [4.78, 5) is 22.3. The van der Waals surface area contributed by atoms with Crippen LogP contribution >= 0.6 is 12.4 Å². The Kier molecular flexibility index (Phi) is 5.83. The number of hydrogen-bond acceptors (Lipinski definition) is 6. The zero-order valence-electron chi connectivity index (χ0n) is 18.9. The molecule has 34 heavy (non-hydrogen) atoms. The first-order chi connectivity index (χ1) is 16.1. The second-order valence-electron chi connectivity index (χ2n) is 9.21. The Balaban J connectivity index is 0.00000241. The summed E-state index contributed by atoms with van der Waals surface area (Å²) < 4.78 is 1.59. The fraction of sp³-hybridized carbons (Fsp3) is 0.308. The normalized spacial score (nSPS) is 21.4. The highest BCUT2D eigenvalue weighted by Crippen LogP contribution is 2.40. The van der Waals surface area contributed by atoms with Crippen LogP contribution in [0, 0.1) is 0 Å². The summed E-state index contributed by atoms with van der Waals surface area (Å²) >= 11 is 0. The van der Waals surface area contributed by atoms with Crippen LogP contribution in [0.15, 0.2) is 54.9 Å². The first-order valence-corrected chi connectivity index (χ1v) is 11.5. The van der Waals surface area contributed by atoms with Crippen LogP contribution in [0.4, 0.5) is 5.82 Å². The molecule has 8 heteroatoms. The molecule has 174 valence electrons. The van der Waals surface area contributed by atoms with Crippen molar-refractivity contribution in [3.8, 4) is 22.4 Å². The molecule has 3 N–H and O–H groups in total. The van der Waals surface area contributed by atoms with Crippen LogP contribution in [-0.4, -0.2) is 37.4 Å². The summed E-state index contributed by atoms with van der Waals surface area (Å²) in [6.07, 6.45) is 7.95. The third-order valence-electron chi connectivity index (χ3n) is 7.07. The second-order valence-corrected chi connectivity index (χ2v) is 9.21. The van der Waals surface area contributed by atoms with E-state index >= 15 is 0 Å². The molecule has 1 aromatic carbocycles. The van der Waals surface area contributed by atoms with Crippen LogP contribution in [0.25, 0.3) is 28.0 Å². The van der Waals surface area contributed by atoms with Crippen molar-refractivity contribution >= 4 is 29.7 Å². The van der Waals surface area contributed by atoms with E-state index in [9.17, 15) is 4.79 Å². The number of anilines is 1. The third kappa shape index (κ3) is 3.75. The number of piperidine rings is 1. The van der Waals surface area contributed by atoms with Gasteiger partial charge in [0.2, 0.25) is 0 Å². The Bertz CT molecular complexity index is 1340. The average molecular weight is 475 g/mol. The number of ketones is 1. The number of nitrogens with one attached hydrogen (secondary N) is 1. The zero-order valence-corrected chi connectivity index (χ0v) is 19.8. The van der Waals surface area contributed by atoms with Gasteiger partial charge in [0.1, 0.15) is 5.82 Å².